The maximum Gasteiger partial charge on any atom is 0.328 e. The van der Waals surface area contributed by atoms with Gasteiger partial charge in [0.1, 0.15) is 5.75 Å². The molecule has 1 N–H and O–H groups in total. The second-order valence-electron chi connectivity index (χ2n) is 6.43. The SMILES string of the molecule is COc1ccc(Cn2cnc(C(=CC(=O)O)C(C)(C)C)c2)cc1. The van der Waals surface area contributed by atoms with Gasteiger partial charge < -0.3 is 14.4 Å². The zero-order valence-electron chi connectivity index (χ0n) is 13.9. The second-order valence-corrected chi connectivity index (χ2v) is 6.43. The summed E-state index contributed by atoms with van der Waals surface area (Å²) in [6, 6.07) is 7.82. The Morgan fingerprint density at radius 1 is 1.30 bits per heavy atom. The number of allylic oxidation sites excluding steroid dienone is 1. The average molecular weight is 314 g/mol. The molecule has 0 fully saturated rings. The summed E-state index contributed by atoms with van der Waals surface area (Å²) in [6.07, 6.45) is 4.84. The van der Waals surface area contributed by atoms with Crippen LogP contribution in [0, 0.1) is 5.41 Å². The molecule has 0 unspecified atom stereocenters. The number of carbonyl (C=O) groups is 1. The van der Waals surface area contributed by atoms with Gasteiger partial charge in [0.15, 0.2) is 0 Å². The van der Waals surface area contributed by atoms with Crippen LogP contribution in [0.2, 0.25) is 0 Å². The van der Waals surface area contributed by atoms with Crippen LogP contribution < -0.4 is 4.74 Å². The topological polar surface area (TPSA) is 64.4 Å². The fourth-order valence-corrected chi connectivity index (χ4v) is 2.33. The van der Waals surface area contributed by atoms with Crippen molar-refractivity contribution in [1.29, 1.82) is 0 Å². The summed E-state index contributed by atoms with van der Waals surface area (Å²) < 4.78 is 7.09. The molecule has 5 nitrogen and oxygen atoms in total. The number of rotatable bonds is 5. The number of aliphatic carboxylic acids is 1. The molecule has 0 bridgehead atoms. The van der Waals surface area contributed by atoms with E-state index in [1.54, 1.807) is 13.4 Å². The number of imidazole rings is 1. The first kappa shape index (κ1) is 16.8. The van der Waals surface area contributed by atoms with Gasteiger partial charge in [-0.2, -0.15) is 0 Å². The fraction of sp³-hybridized carbons (Fsp3) is 0.333. The molecule has 2 rings (SSSR count). The number of carboxylic acids is 1. The van der Waals surface area contributed by atoms with Crippen LogP contribution in [0.4, 0.5) is 0 Å². The summed E-state index contributed by atoms with van der Waals surface area (Å²) in [5.41, 5.74) is 2.22. The Kier molecular flexibility index (Phi) is 4.89. The lowest BCUT2D eigenvalue weighted by atomic mass is 9.84. The van der Waals surface area contributed by atoms with Crippen molar-refractivity contribution >= 4 is 11.5 Å². The summed E-state index contributed by atoms with van der Waals surface area (Å²) in [4.78, 5) is 15.4. The van der Waals surface area contributed by atoms with Crippen molar-refractivity contribution in [2.45, 2.75) is 27.3 Å². The number of hydrogen-bond donors (Lipinski definition) is 1. The van der Waals surface area contributed by atoms with Crippen LogP contribution in [0.3, 0.4) is 0 Å². The Labute approximate surface area is 136 Å². The summed E-state index contributed by atoms with van der Waals surface area (Å²) >= 11 is 0. The first-order valence-corrected chi connectivity index (χ1v) is 7.40. The van der Waals surface area contributed by atoms with Gasteiger partial charge in [-0.05, 0) is 28.7 Å². The zero-order chi connectivity index (χ0) is 17.0. The smallest absolute Gasteiger partial charge is 0.328 e. The molecule has 2 aromatic rings. The molecular formula is C18H22N2O3. The first-order valence-electron chi connectivity index (χ1n) is 7.40. The van der Waals surface area contributed by atoms with Crippen molar-refractivity contribution in [3.05, 3.63) is 54.1 Å². The second kappa shape index (κ2) is 6.69. The third-order valence-electron chi connectivity index (χ3n) is 3.51. The molecule has 0 saturated carbocycles. The largest absolute Gasteiger partial charge is 0.497 e. The minimum atomic E-state index is -0.959. The Balaban J connectivity index is 2.23. The number of benzene rings is 1. The Hall–Kier alpha value is -2.56. The number of ether oxygens (including phenoxy) is 1. The van der Waals surface area contributed by atoms with E-state index >= 15 is 0 Å². The van der Waals surface area contributed by atoms with E-state index in [1.807, 2.05) is 55.8 Å². The molecule has 1 aromatic carbocycles. The maximum absolute atomic E-state index is 11.1. The van der Waals surface area contributed by atoms with Gasteiger partial charge in [0.05, 0.1) is 19.1 Å². The first-order chi connectivity index (χ1) is 10.8. The standard InChI is InChI=1S/C18H22N2O3/c1-18(2,3)15(9-17(21)22)16-11-20(12-19-16)10-13-5-7-14(23-4)8-6-13/h5-9,11-12H,10H2,1-4H3,(H,21,22). The van der Waals surface area contributed by atoms with E-state index in [2.05, 4.69) is 4.98 Å². The molecule has 1 aromatic heterocycles. The molecular weight excluding hydrogens is 292 g/mol. The average Bonchev–Trinajstić information content (AvgIpc) is 2.92. The lowest BCUT2D eigenvalue weighted by Crippen LogP contribution is -2.10. The predicted octanol–water partition coefficient (Wildman–Crippen LogP) is 3.45. The van der Waals surface area contributed by atoms with Gasteiger partial charge in [-0.15, -0.1) is 0 Å². The van der Waals surface area contributed by atoms with Crippen molar-refractivity contribution in [2.75, 3.05) is 7.11 Å². The molecule has 0 aliphatic rings. The third kappa shape index (κ3) is 4.45. The highest BCUT2D eigenvalue weighted by atomic mass is 16.5. The van der Waals surface area contributed by atoms with Crippen LogP contribution in [-0.4, -0.2) is 27.7 Å². The van der Waals surface area contributed by atoms with Crippen molar-refractivity contribution in [2.24, 2.45) is 5.41 Å². The van der Waals surface area contributed by atoms with Gasteiger partial charge in [-0.1, -0.05) is 32.9 Å². The third-order valence-corrected chi connectivity index (χ3v) is 3.51. The van der Waals surface area contributed by atoms with Crippen molar-refractivity contribution in [1.82, 2.24) is 9.55 Å². The molecule has 0 aliphatic heterocycles. The van der Waals surface area contributed by atoms with E-state index in [9.17, 15) is 4.79 Å². The van der Waals surface area contributed by atoms with E-state index < -0.39 is 5.97 Å². The van der Waals surface area contributed by atoms with E-state index in [-0.39, 0.29) is 5.41 Å². The van der Waals surface area contributed by atoms with Gasteiger partial charge >= 0.3 is 5.97 Å². The number of hydrogen-bond acceptors (Lipinski definition) is 3. The highest BCUT2D eigenvalue weighted by Gasteiger charge is 2.22. The van der Waals surface area contributed by atoms with Gasteiger partial charge in [-0.3, -0.25) is 0 Å². The van der Waals surface area contributed by atoms with Crippen LogP contribution in [0.15, 0.2) is 42.9 Å². The van der Waals surface area contributed by atoms with Gasteiger partial charge in [0.25, 0.3) is 0 Å². The summed E-state index contributed by atoms with van der Waals surface area (Å²) in [5, 5.41) is 9.08. The van der Waals surface area contributed by atoms with Crippen molar-refractivity contribution in [3.8, 4) is 5.75 Å². The van der Waals surface area contributed by atoms with Gasteiger partial charge in [0, 0.05) is 18.8 Å². The molecule has 0 spiro atoms. The van der Waals surface area contributed by atoms with E-state index in [0.717, 1.165) is 11.3 Å². The fourth-order valence-electron chi connectivity index (χ4n) is 2.33. The lowest BCUT2D eigenvalue weighted by Gasteiger charge is -2.20. The van der Waals surface area contributed by atoms with Gasteiger partial charge in [-0.25, -0.2) is 9.78 Å². The van der Waals surface area contributed by atoms with Crippen LogP contribution in [0.5, 0.6) is 5.75 Å². The van der Waals surface area contributed by atoms with E-state index in [1.165, 1.54) is 6.08 Å². The van der Waals surface area contributed by atoms with Crippen molar-refractivity contribution in [3.63, 3.8) is 0 Å². The number of aromatic nitrogens is 2. The minimum Gasteiger partial charge on any atom is -0.497 e. The molecule has 122 valence electrons. The highest BCUT2D eigenvalue weighted by molar-refractivity contribution is 5.90. The molecule has 0 amide bonds. The Bertz CT molecular complexity index is 707. The van der Waals surface area contributed by atoms with Gasteiger partial charge in [0.2, 0.25) is 0 Å². The zero-order valence-corrected chi connectivity index (χ0v) is 13.9. The maximum atomic E-state index is 11.1. The molecule has 0 saturated heterocycles. The highest BCUT2D eigenvalue weighted by Crippen LogP contribution is 2.33. The summed E-state index contributed by atoms with van der Waals surface area (Å²) in [7, 11) is 1.64. The molecule has 5 heteroatoms. The number of carboxylic acid groups (broad SMARTS) is 1. The normalized spacial score (nSPS) is 12.3. The quantitative estimate of drug-likeness (QED) is 0.859. The lowest BCUT2D eigenvalue weighted by molar-refractivity contribution is -0.131. The van der Waals surface area contributed by atoms with E-state index in [4.69, 9.17) is 9.84 Å². The van der Waals surface area contributed by atoms with Crippen LogP contribution in [-0.2, 0) is 11.3 Å². The van der Waals surface area contributed by atoms with Crippen LogP contribution in [0.25, 0.3) is 5.57 Å². The van der Waals surface area contributed by atoms with E-state index in [0.29, 0.717) is 17.8 Å². The molecule has 1 heterocycles. The van der Waals surface area contributed by atoms with Crippen LogP contribution >= 0.6 is 0 Å². The Morgan fingerprint density at radius 3 is 2.48 bits per heavy atom. The molecule has 0 radical (unpaired) electrons. The number of methoxy groups -OCH3 is 1. The summed E-state index contributed by atoms with van der Waals surface area (Å²) in [5.74, 6) is -0.140. The molecule has 0 aliphatic carbocycles. The molecule has 23 heavy (non-hydrogen) atoms. The Morgan fingerprint density at radius 2 is 1.96 bits per heavy atom. The minimum absolute atomic E-state index is 0.294. The molecule has 0 atom stereocenters. The number of nitrogens with zero attached hydrogens (tertiary/aromatic N) is 2. The van der Waals surface area contributed by atoms with Crippen LogP contribution in [0.1, 0.15) is 32.0 Å². The van der Waals surface area contributed by atoms with Crippen molar-refractivity contribution < 1.29 is 14.6 Å². The monoisotopic (exact) mass is 314 g/mol. The predicted molar refractivity (Wildman–Crippen MR) is 89.4 cm³/mol. The summed E-state index contributed by atoms with van der Waals surface area (Å²) in [6.45, 7) is 6.60.